The Labute approximate surface area is 186 Å². The molecule has 0 spiro atoms. The molecule has 2 N–H and O–H groups in total. The summed E-state index contributed by atoms with van der Waals surface area (Å²) in [7, 11) is -2.90. The maximum atomic E-state index is 13.2. The number of rotatable bonds is 2. The van der Waals surface area contributed by atoms with Gasteiger partial charge in [0.1, 0.15) is 0 Å². The Morgan fingerprint density at radius 2 is 1.45 bits per heavy atom. The number of fused-ring (bicyclic) bond motifs is 3. The van der Waals surface area contributed by atoms with Crippen LogP contribution in [-0.4, -0.2) is 56.9 Å². The molecular weight excluding hydrogens is 432 g/mol. The van der Waals surface area contributed by atoms with Crippen LogP contribution in [0.3, 0.4) is 0 Å². The molecule has 0 saturated carbocycles. The first-order valence-electron chi connectivity index (χ1n) is 10.1. The van der Waals surface area contributed by atoms with E-state index in [1.807, 2.05) is 30.3 Å². The number of benzene rings is 2. The molecule has 2 amide bonds. The summed E-state index contributed by atoms with van der Waals surface area (Å²) in [5.41, 5.74) is 2.27. The van der Waals surface area contributed by atoms with Crippen molar-refractivity contribution in [3.63, 3.8) is 0 Å². The molecule has 0 bridgehead atoms. The molecule has 1 saturated heterocycles. The normalized spacial score (nSPS) is 18.1. The van der Waals surface area contributed by atoms with Crippen molar-refractivity contribution >= 4 is 33.7 Å². The first-order chi connectivity index (χ1) is 14.9. The van der Waals surface area contributed by atoms with Gasteiger partial charge in [-0.25, -0.2) is 0 Å². The molecule has 3 aromatic rings. The van der Waals surface area contributed by atoms with Crippen LogP contribution in [0.4, 0.5) is 0 Å². The minimum Gasteiger partial charge on any atom is -0.335 e. The molecule has 31 heavy (non-hydrogen) atoms. The number of carbonyl (C=O) groups is 2. The summed E-state index contributed by atoms with van der Waals surface area (Å²) in [6.45, 7) is 1.94. The van der Waals surface area contributed by atoms with Crippen LogP contribution in [0.25, 0.3) is 10.4 Å². The molecular formula is C23H22N2O4S2. The SMILES string of the molecule is O=C(c1ccccc1)N1CCN(C(=O)c2cc3c(s2)-c2ccccc2S(O)(O)C3)CC1. The zero-order valence-electron chi connectivity index (χ0n) is 16.7. The van der Waals surface area contributed by atoms with Gasteiger partial charge in [-0.3, -0.25) is 18.7 Å². The summed E-state index contributed by atoms with van der Waals surface area (Å²) in [4.78, 5) is 31.4. The molecule has 160 valence electrons. The Morgan fingerprint density at radius 3 is 2.16 bits per heavy atom. The molecule has 0 aliphatic carbocycles. The largest absolute Gasteiger partial charge is 0.335 e. The molecule has 0 atom stereocenters. The highest BCUT2D eigenvalue weighted by Crippen LogP contribution is 2.60. The smallest absolute Gasteiger partial charge is 0.264 e. The minimum atomic E-state index is -2.90. The highest BCUT2D eigenvalue weighted by atomic mass is 32.3. The second-order valence-corrected chi connectivity index (χ2v) is 10.8. The standard InChI is InChI=1S/C23H22N2O4S2/c26-22(16-6-2-1-3-7-16)24-10-12-25(13-11-24)23(27)19-14-17-15-31(28,29)20-9-5-4-8-18(20)21(17)30-19/h1-9,14,28-29H,10-13,15H2. The second-order valence-electron chi connectivity index (χ2n) is 7.72. The Morgan fingerprint density at radius 1 is 0.839 bits per heavy atom. The summed E-state index contributed by atoms with van der Waals surface area (Å²) >= 11 is 1.40. The summed E-state index contributed by atoms with van der Waals surface area (Å²) < 4.78 is 21.1. The predicted octanol–water partition coefficient (Wildman–Crippen LogP) is 4.64. The van der Waals surface area contributed by atoms with Gasteiger partial charge in [0.15, 0.2) is 0 Å². The third-order valence-corrected chi connectivity index (χ3v) is 8.71. The maximum absolute atomic E-state index is 13.2. The van der Waals surface area contributed by atoms with Gasteiger partial charge in [0.05, 0.1) is 15.5 Å². The number of thiophene rings is 1. The van der Waals surface area contributed by atoms with Crippen molar-refractivity contribution in [2.45, 2.75) is 10.6 Å². The highest BCUT2D eigenvalue weighted by Gasteiger charge is 2.32. The third-order valence-electron chi connectivity index (χ3n) is 5.74. The van der Waals surface area contributed by atoms with Crippen molar-refractivity contribution in [2.75, 3.05) is 26.2 Å². The Kier molecular flexibility index (Phi) is 5.10. The van der Waals surface area contributed by atoms with E-state index in [-0.39, 0.29) is 17.6 Å². The van der Waals surface area contributed by atoms with Crippen LogP contribution in [0.1, 0.15) is 25.6 Å². The van der Waals surface area contributed by atoms with Crippen LogP contribution in [-0.2, 0) is 5.75 Å². The number of hydrogen-bond acceptors (Lipinski definition) is 5. The minimum absolute atomic E-state index is 0.0129. The fourth-order valence-electron chi connectivity index (χ4n) is 4.13. The molecule has 8 heteroatoms. The summed E-state index contributed by atoms with van der Waals surface area (Å²) in [5, 5.41) is 0. The van der Waals surface area contributed by atoms with Crippen LogP contribution in [0.2, 0.25) is 0 Å². The summed E-state index contributed by atoms with van der Waals surface area (Å²) in [6, 6.07) is 18.3. The second kappa shape index (κ2) is 7.80. The van der Waals surface area contributed by atoms with E-state index in [4.69, 9.17) is 0 Å². The maximum Gasteiger partial charge on any atom is 0.264 e. The van der Waals surface area contributed by atoms with Gasteiger partial charge in [-0.05, 0) is 29.8 Å². The quantitative estimate of drug-likeness (QED) is 0.591. The average Bonchev–Trinajstić information content (AvgIpc) is 3.22. The third kappa shape index (κ3) is 3.65. The van der Waals surface area contributed by atoms with Gasteiger partial charge < -0.3 is 9.80 Å². The summed E-state index contributed by atoms with van der Waals surface area (Å²) in [6.07, 6.45) is 0. The topological polar surface area (TPSA) is 81.1 Å². The lowest BCUT2D eigenvalue weighted by Crippen LogP contribution is -2.50. The molecule has 5 rings (SSSR count). The van der Waals surface area contributed by atoms with Crippen LogP contribution in [0.15, 0.2) is 65.6 Å². The molecule has 1 aromatic heterocycles. The van der Waals surface area contributed by atoms with Crippen molar-refractivity contribution in [3.05, 3.63) is 76.7 Å². The van der Waals surface area contributed by atoms with E-state index in [2.05, 4.69) is 0 Å². The molecule has 3 heterocycles. The molecule has 1 fully saturated rings. The first-order valence-corrected chi connectivity index (χ1v) is 12.6. The number of hydrogen-bond donors (Lipinski definition) is 2. The van der Waals surface area contributed by atoms with Gasteiger partial charge in [-0.2, -0.15) is 10.6 Å². The van der Waals surface area contributed by atoms with E-state index in [1.54, 1.807) is 40.1 Å². The van der Waals surface area contributed by atoms with Crippen molar-refractivity contribution in [3.8, 4) is 10.4 Å². The van der Waals surface area contributed by atoms with E-state index >= 15 is 0 Å². The monoisotopic (exact) mass is 454 g/mol. The lowest BCUT2D eigenvalue weighted by atomic mass is 10.1. The first kappa shape index (κ1) is 20.3. The molecule has 0 radical (unpaired) electrons. The van der Waals surface area contributed by atoms with E-state index in [0.717, 1.165) is 16.0 Å². The van der Waals surface area contributed by atoms with Gasteiger partial charge in [0, 0.05) is 42.2 Å². The van der Waals surface area contributed by atoms with Crippen LogP contribution in [0.5, 0.6) is 0 Å². The van der Waals surface area contributed by atoms with Gasteiger partial charge >= 0.3 is 0 Å². The van der Waals surface area contributed by atoms with Crippen molar-refractivity contribution < 1.29 is 18.7 Å². The van der Waals surface area contributed by atoms with Gasteiger partial charge in [0.25, 0.3) is 11.8 Å². The number of piperazine rings is 1. The van der Waals surface area contributed by atoms with Crippen molar-refractivity contribution in [1.82, 2.24) is 9.80 Å². The Hall–Kier alpha value is -2.65. The van der Waals surface area contributed by atoms with Crippen molar-refractivity contribution in [1.29, 1.82) is 0 Å². The highest BCUT2D eigenvalue weighted by molar-refractivity contribution is 8.23. The van der Waals surface area contributed by atoms with Crippen molar-refractivity contribution in [2.24, 2.45) is 0 Å². The number of carbonyl (C=O) groups excluding carboxylic acids is 2. The fraction of sp³-hybridized carbons (Fsp3) is 0.217. The van der Waals surface area contributed by atoms with Gasteiger partial charge in [0.2, 0.25) is 0 Å². The molecule has 0 unspecified atom stereocenters. The van der Waals surface area contributed by atoms with Crippen LogP contribution in [0, 0.1) is 0 Å². The number of amides is 2. The van der Waals surface area contributed by atoms with Crippen LogP contribution < -0.4 is 0 Å². The molecule has 2 aliphatic heterocycles. The van der Waals surface area contributed by atoms with E-state index in [1.165, 1.54) is 11.3 Å². The lowest BCUT2D eigenvalue weighted by molar-refractivity contribution is 0.0538. The van der Waals surface area contributed by atoms with E-state index in [0.29, 0.717) is 41.5 Å². The van der Waals surface area contributed by atoms with E-state index in [9.17, 15) is 18.7 Å². The average molecular weight is 455 g/mol. The summed E-state index contributed by atoms with van der Waals surface area (Å²) in [5.74, 6) is 0.0592. The molecule has 6 nitrogen and oxygen atoms in total. The lowest BCUT2D eigenvalue weighted by Gasteiger charge is -2.37. The van der Waals surface area contributed by atoms with Crippen LogP contribution >= 0.6 is 21.9 Å². The zero-order valence-corrected chi connectivity index (χ0v) is 18.4. The number of nitrogens with zero attached hydrogens (tertiary/aromatic N) is 2. The zero-order chi connectivity index (χ0) is 21.6. The van der Waals surface area contributed by atoms with E-state index < -0.39 is 10.6 Å². The molecule has 2 aliphatic rings. The Bertz CT molecular complexity index is 1150. The fourth-order valence-corrected chi connectivity index (χ4v) is 7.11. The van der Waals surface area contributed by atoms with Gasteiger partial charge in [-0.15, -0.1) is 11.3 Å². The van der Waals surface area contributed by atoms with Gasteiger partial charge in [-0.1, -0.05) is 36.4 Å². The Balaban J connectivity index is 1.32. The predicted molar refractivity (Wildman–Crippen MR) is 123 cm³/mol. The molecule has 2 aromatic carbocycles.